The molecule has 3 aromatic carbocycles. The summed E-state index contributed by atoms with van der Waals surface area (Å²) in [5.74, 6) is 0.342. The van der Waals surface area contributed by atoms with Crippen LogP contribution in [-0.4, -0.2) is 48.9 Å². The number of hydrogen-bond donors (Lipinski definition) is 0. The lowest BCUT2D eigenvalue weighted by Crippen LogP contribution is -2.36. The van der Waals surface area contributed by atoms with Crippen molar-refractivity contribution in [3.63, 3.8) is 0 Å². The Morgan fingerprint density at radius 1 is 0.970 bits per heavy atom. The van der Waals surface area contributed by atoms with Gasteiger partial charge >= 0.3 is 0 Å². The smallest absolute Gasteiger partial charge is 0.253 e. The van der Waals surface area contributed by atoms with Crippen LogP contribution < -0.4 is 4.74 Å². The SMILES string of the molecule is COc1cccc([C@H]2CN(C(=O)c3ccc(C)cc3)C[C@@H]2C(=O)N(C)Cc2ccccc2)c1. The summed E-state index contributed by atoms with van der Waals surface area (Å²) in [5, 5.41) is 0. The van der Waals surface area contributed by atoms with Crippen LogP contribution in [0.25, 0.3) is 0 Å². The summed E-state index contributed by atoms with van der Waals surface area (Å²) >= 11 is 0. The molecule has 1 heterocycles. The summed E-state index contributed by atoms with van der Waals surface area (Å²) in [4.78, 5) is 30.4. The van der Waals surface area contributed by atoms with Gasteiger partial charge in [0.05, 0.1) is 13.0 Å². The van der Waals surface area contributed by atoms with Crippen LogP contribution >= 0.6 is 0 Å². The summed E-state index contributed by atoms with van der Waals surface area (Å²) in [6.07, 6.45) is 0. The van der Waals surface area contributed by atoms with Gasteiger partial charge in [0, 0.05) is 38.2 Å². The third kappa shape index (κ3) is 5.08. The fraction of sp³-hybridized carbons (Fsp3) is 0.286. The predicted octanol–water partition coefficient (Wildman–Crippen LogP) is 4.52. The number of amides is 2. The lowest BCUT2D eigenvalue weighted by atomic mass is 9.88. The number of benzene rings is 3. The van der Waals surface area contributed by atoms with E-state index in [9.17, 15) is 9.59 Å². The molecule has 5 heteroatoms. The molecule has 1 saturated heterocycles. The van der Waals surface area contributed by atoms with Crippen LogP contribution in [-0.2, 0) is 11.3 Å². The highest BCUT2D eigenvalue weighted by molar-refractivity contribution is 5.95. The molecule has 0 aromatic heterocycles. The molecule has 2 amide bonds. The van der Waals surface area contributed by atoms with Crippen molar-refractivity contribution in [1.82, 2.24) is 9.80 Å². The summed E-state index contributed by atoms with van der Waals surface area (Å²) in [6.45, 7) is 3.43. The Morgan fingerprint density at radius 2 is 1.70 bits per heavy atom. The first kappa shape index (κ1) is 22.6. The van der Waals surface area contributed by atoms with Gasteiger partial charge in [-0.3, -0.25) is 9.59 Å². The van der Waals surface area contributed by atoms with Gasteiger partial charge < -0.3 is 14.5 Å². The van der Waals surface area contributed by atoms with Crippen LogP contribution in [0.4, 0.5) is 0 Å². The van der Waals surface area contributed by atoms with Crippen LogP contribution in [0.2, 0.25) is 0 Å². The highest BCUT2D eigenvalue weighted by Crippen LogP contribution is 2.36. The molecule has 170 valence electrons. The fourth-order valence-corrected chi connectivity index (χ4v) is 4.53. The average molecular weight is 443 g/mol. The van der Waals surface area contributed by atoms with Crippen molar-refractivity contribution in [2.45, 2.75) is 19.4 Å². The van der Waals surface area contributed by atoms with Gasteiger partial charge in [-0.25, -0.2) is 0 Å². The maximum atomic E-state index is 13.6. The van der Waals surface area contributed by atoms with Crippen molar-refractivity contribution in [3.8, 4) is 5.75 Å². The number of likely N-dealkylation sites (tertiary alicyclic amines) is 1. The number of aryl methyl sites for hydroxylation is 1. The minimum absolute atomic E-state index is 0.0380. The Balaban J connectivity index is 1.60. The summed E-state index contributed by atoms with van der Waals surface area (Å²) in [7, 11) is 3.47. The molecule has 1 fully saturated rings. The third-order valence-electron chi connectivity index (χ3n) is 6.38. The Bertz CT molecular complexity index is 1110. The first-order chi connectivity index (χ1) is 16.0. The normalized spacial score (nSPS) is 17.6. The quantitative estimate of drug-likeness (QED) is 0.564. The van der Waals surface area contributed by atoms with Crippen molar-refractivity contribution >= 4 is 11.8 Å². The third-order valence-corrected chi connectivity index (χ3v) is 6.38. The van der Waals surface area contributed by atoms with Gasteiger partial charge in [-0.15, -0.1) is 0 Å². The monoisotopic (exact) mass is 442 g/mol. The molecule has 0 N–H and O–H groups in total. The number of carbonyl (C=O) groups excluding carboxylic acids is 2. The van der Waals surface area contributed by atoms with Crippen molar-refractivity contribution < 1.29 is 14.3 Å². The van der Waals surface area contributed by atoms with Crippen molar-refractivity contribution in [2.24, 2.45) is 5.92 Å². The van der Waals surface area contributed by atoms with Crippen molar-refractivity contribution in [2.75, 3.05) is 27.2 Å². The van der Waals surface area contributed by atoms with E-state index in [2.05, 4.69) is 0 Å². The predicted molar refractivity (Wildman–Crippen MR) is 129 cm³/mol. The van der Waals surface area contributed by atoms with E-state index in [0.29, 0.717) is 25.2 Å². The van der Waals surface area contributed by atoms with E-state index in [1.165, 1.54) is 0 Å². The average Bonchev–Trinajstić information content (AvgIpc) is 3.30. The molecule has 0 spiro atoms. The molecule has 0 radical (unpaired) electrons. The zero-order valence-corrected chi connectivity index (χ0v) is 19.4. The standard InChI is InChI=1S/C28H30N2O3/c1-20-12-14-22(15-13-20)27(31)30-18-25(23-10-7-11-24(16-23)33-3)26(19-30)28(32)29(2)17-21-8-5-4-6-9-21/h4-16,25-26H,17-19H2,1-3H3/t25-,26+/m1/s1. The summed E-state index contributed by atoms with van der Waals surface area (Å²) in [5.41, 5.74) is 3.85. The highest BCUT2D eigenvalue weighted by atomic mass is 16.5. The Morgan fingerprint density at radius 3 is 2.39 bits per heavy atom. The van der Waals surface area contributed by atoms with Gasteiger partial charge in [0.2, 0.25) is 5.91 Å². The number of rotatable bonds is 6. The maximum absolute atomic E-state index is 13.6. The van der Waals surface area contributed by atoms with Crippen LogP contribution in [0.5, 0.6) is 5.75 Å². The molecule has 33 heavy (non-hydrogen) atoms. The Labute approximate surface area is 195 Å². The van der Waals surface area contributed by atoms with Gasteiger partial charge in [0.1, 0.15) is 5.75 Å². The van der Waals surface area contributed by atoms with Crippen LogP contribution in [0.3, 0.4) is 0 Å². The van der Waals surface area contributed by atoms with E-state index < -0.39 is 0 Å². The zero-order chi connectivity index (χ0) is 23.4. The zero-order valence-electron chi connectivity index (χ0n) is 19.4. The first-order valence-corrected chi connectivity index (χ1v) is 11.2. The molecule has 4 rings (SSSR count). The molecule has 0 saturated carbocycles. The molecule has 0 unspecified atom stereocenters. The van der Waals surface area contributed by atoms with E-state index in [0.717, 1.165) is 22.4 Å². The minimum atomic E-state index is -0.319. The lowest BCUT2D eigenvalue weighted by Gasteiger charge is -2.25. The molecule has 3 aromatic rings. The lowest BCUT2D eigenvalue weighted by molar-refractivity contribution is -0.134. The Kier molecular flexibility index (Phi) is 6.78. The minimum Gasteiger partial charge on any atom is -0.497 e. The molecule has 0 bridgehead atoms. The molecule has 1 aliphatic rings. The summed E-state index contributed by atoms with van der Waals surface area (Å²) in [6, 6.07) is 25.4. The highest BCUT2D eigenvalue weighted by Gasteiger charge is 2.41. The second kappa shape index (κ2) is 9.90. The topological polar surface area (TPSA) is 49.9 Å². The van der Waals surface area contributed by atoms with Gasteiger partial charge in [-0.05, 0) is 42.3 Å². The molecular weight excluding hydrogens is 412 g/mol. The van der Waals surface area contributed by atoms with E-state index in [1.54, 1.807) is 12.0 Å². The van der Waals surface area contributed by atoms with Crippen molar-refractivity contribution in [3.05, 3.63) is 101 Å². The number of hydrogen-bond acceptors (Lipinski definition) is 3. The number of ether oxygens (including phenoxy) is 1. The van der Waals surface area contributed by atoms with Crippen LogP contribution in [0, 0.1) is 12.8 Å². The van der Waals surface area contributed by atoms with Gasteiger partial charge in [-0.1, -0.05) is 60.2 Å². The first-order valence-electron chi connectivity index (χ1n) is 11.2. The van der Waals surface area contributed by atoms with Gasteiger partial charge in [0.15, 0.2) is 0 Å². The maximum Gasteiger partial charge on any atom is 0.253 e. The molecule has 0 aliphatic carbocycles. The molecule has 2 atom stereocenters. The Hall–Kier alpha value is -3.60. The van der Waals surface area contributed by atoms with E-state index in [-0.39, 0.29) is 23.7 Å². The molecular formula is C28H30N2O3. The van der Waals surface area contributed by atoms with E-state index in [1.807, 2.05) is 97.7 Å². The summed E-state index contributed by atoms with van der Waals surface area (Å²) < 4.78 is 5.42. The fourth-order valence-electron chi connectivity index (χ4n) is 4.53. The second-order valence-corrected chi connectivity index (χ2v) is 8.75. The second-order valence-electron chi connectivity index (χ2n) is 8.75. The van der Waals surface area contributed by atoms with E-state index >= 15 is 0 Å². The molecule has 5 nitrogen and oxygen atoms in total. The van der Waals surface area contributed by atoms with Gasteiger partial charge in [0.25, 0.3) is 5.91 Å². The number of methoxy groups -OCH3 is 1. The number of nitrogens with zero attached hydrogens (tertiary/aromatic N) is 2. The van der Waals surface area contributed by atoms with Crippen LogP contribution in [0.15, 0.2) is 78.9 Å². The van der Waals surface area contributed by atoms with Crippen LogP contribution in [0.1, 0.15) is 33.0 Å². The van der Waals surface area contributed by atoms with Crippen molar-refractivity contribution in [1.29, 1.82) is 0 Å². The van der Waals surface area contributed by atoms with Gasteiger partial charge in [-0.2, -0.15) is 0 Å². The molecule has 1 aliphatic heterocycles. The van der Waals surface area contributed by atoms with E-state index in [4.69, 9.17) is 4.74 Å². The number of carbonyl (C=O) groups is 2. The largest absolute Gasteiger partial charge is 0.497 e.